The van der Waals surface area contributed by atoms with Crippen molar-refractivity contribution in [2.45, 2.75) is 163 Å². The summed E-state index contributed by atoms with van der Waals surface area (Å²) >= 11 is 9.36. The van der Waals surface area contributed by atoms with Gasteiger partial charge in [-0.2, -0.15) is 6.42 Å². The van der Waals surface area contributed by atoms with Gasteiger partial charge in [0.15, 0.2) is 23.5 Å². The van der Waals surface area contributed by atoms with E-state index in [0.29, 0.717) is 0 Å². The normalized spacial score (nSPS) is 16.9. The summed E-state index contributed by atoms with van der Waals surface area (Å²) in [5.41, 5.74) is 0.932. The molecule has 3 fully saturated rings. The second-order valence-corrected chi connectivity index (χ2v) is 21.3. The van der Waals surface area contributed by atoms with Crippen LogP contribution in [0, 0.1) is 10.3 Å². The standard InChI is InChI=1S/C6H10BNO.C6H11BO.C5H10BNO.C5H8BNO.C5H8BN.C3H6I2.C3H7I.C3H6I.C3H8.V/c1-8(2)6(3-4-6)5(7)9;1-3-4-5(2)6(7)8;2*1-7-5(2-3-5)4(6)8;1-7-5-3-2-4(5)6;1-2-3(4)5;2*1-2-3-4;1-3-2;/h3-4H2,1-2H3;5H,3-4H2,1-2H3;4,7-8H,2-3H2,1H3;7H,2-3H2,1H3;7H,2-3H2,1H3;3H,2H2,1H3;2-3H2,1H3;3H,2H2,1H3;3H2,1-2H3;/q;;;;;;;-1;;. The molecule has 0 aromatic heterocycles. The largest absolute Gasteiger partial charge is 0.401 e. The molecule has 0 aromatic rings. The van der Waals surface area contributed by atoms with Crippen LogP contribution in [0.15, 0.2) is 11.2 Å². The molecule has 3 saturated carbocycles. The SMILES string of the molecule is CCC.CCC(I)I.CCCI.CC[CH-]I.[B]C(=O)C(C)CCC.[B]C(=O)C1(N(C)C)CC1.[B]C(=O)C1(NC)CC1.[B]C(O)C1(NC)CC1.[B]C1=C(NC)CC1.[V]. The van der Waals surface area contributed by atoms with Gasteiger partial charge in [0.25, 0.3) is 0 Å². The average molecular weight is 1280 g/mol. The van der Waals surface area contributed by atoms with Crippen LogP contribution in [0.1, 0.15) is 138 Å². The van der Waals surface area contributed by atoms with E-state index in [0.717, 1.165) is 71.6 Å². The molecule has 0 heterocycles. The van der Waals surface area contributed by atoms with E-state index >= 15 is 0 Å². The van der Waals surface area contributed by atoms with E-state index in [9.17, 15) is 14.4 Å². The Balaban J connectivity index is -0.000000131. The number of halogens is 4. The first-order valence-electron chi connectivity index (χ1n) is 19.8. The van der Waals surface area contributed by atoms with Crippen LogP contribution in [0.4, 0.5) is 0 Å². The Morgan fingerprint density at radius 3 is 1.30 bits per heavy atom. The van der Waals surface area contributed by atoms with Crippen molar-refractivity contribution in [3.63, 3.8) is 0 Å². The Morgan fingerprint density at radius 2 is 1.28 bits per heavy atom. The fourth-order valence-electron chi connectivity index (χ4n) is 3.86. The van der Waals surface area contributed by atoms with Crippen molar-refractivity contribution in [1.29, 1.82) is 0 Å². The van der Waals surface area contributed by atoms with Gasteiger partial charge in [0.1, 0.15) is 15.7 Å². The molecule has 57 heavy (non-hydrogen) atoms. The van der Waals surface area contributed by atoms with Gasteiger partial charge in [-0.25, -0.2) is 0 Å². The Kier molecular flexibility index (Phi) is 54.0. The Bertz CT molecular complexity index is 1020. The molecule has 4 aliphatic rings. The number of allylic oxidation sites excluding steroid dienone is 2. The van der Waals surface area contributed by atoms with Crippen LogP contribution in [0.2, 0.25) is 0 Å². The van der Waals surface area contributed by atoms with Crippen molar-refractivity contribution in [3.8, 4) is 0 Å². The third-order valence-corrected chi connectivity index (χ3v) is 12.5. The number of aliphatic hydroxyl groups excluding tert-OH is 1. The molecule has 18 heteroatoms. The van der Waals surface area contributed by atoms with E-state index in [1.807, 2.05) is 46.9 Å². The van der Waals surface area contributed by atoms with Gasteiger partial charge < -0.3 is 58.0 Å². The molecule has 4 rings (SSSR count). The summed E-state index contributed by atoms with van der Waals surface area (Å²) in [5, 5.41) is 17.7. The molecule has 4 aliphatic carbocycles. The number of rotatable bonds is 13. The van der Waals surface area contributed by atoms with Gasteiger partial charge in [-0.05, 0) is 109 Å². The van der Waals surface area contributed by atoms with Gasteiger partial charge in [0.05, 0.1) is 30.1 Å². The fraction of sp³-hybridized carbons (Fsp3) is 0.846. The van der Waals surface area contributed by atoms with Crippen molar-refractivity contribution in [1.82, 2.24) is 20.9 Å². The number of nitrogens with one attached hydrogen (secondary N) is 3. The molecule has 323 valence electrons. The molecule has 0 aromatic carbocycles. The second kappa shape index (κ2) is 43.5. The van der Waals surface area contributed by atoms with E-state index < -0.39 is 6.00 Å². The maximum atomic E-state index is 10.7. The van der Waals surface area contributed by atoms with Gasteiger partial charge in [-0.15, -0.1) is 0 Å². The average Bonchev–Trinajstić information content (AvgIpc) is 4.02. The number of likely N-dealkylation sites (N-methyl/N-ethyl adjacent to an activating group) is 3. The molecule has 4 N–H and O–H groups in total. The first-order valence-corrected chi connectivity index (χ1v) is 25.1. The van der Waals surface area contributed by atoms with Crippen molar-refractivity contribution >= 4 is 147 Å². The molecule has 8 nitrogen and oxygen atoms in total. The summed E-state index contributed by atoms with van der Waals surface area (Å²) in [5.74, 6) is 0.0556. The van der Waals surface area contributed by atoms with Crippen molar-refractivity contribution in [2.75, 3.05) is 39.7 Å². The van der Waals surface area contributed by atoms with Crippen LogP contribution in [-0.2, 0) is 32.9 Å². The minimum Gasteiger partial charge on any atom is -0.401 e. The van der Waals surface area contributed by atoms with Crippen molar-refractivity contribution < 1.29 is 38.0 Å². The molecule has 0 bridgehead atoms. The van der Waals surface area contributed by atoms with E-state index in [4.69, 9.17) is 44.3 Å². The van der Waals surface area contributed by atoms with Gasteiger partial charge in [0, 0.05) is 43.1 Å². The van der Waals surface area contributed by atoms with E-state index in [1.54, 1.807) is 7.05 Å². The zero-order chi connectivity index (χ0) is 45.1. The molecule has 2 atom stereocenters. The number of nitrogens with zero attached hydrogens (tertiary/aromatic N) is 1. The van der Waals surface area contributed by atoms with E-state index in [-0.39, 0.29) is 58.1 Å². The Morgan fingerprint density at radius 1 is 0.860 bits per heavy atom. The monoisotopic (exact) mass is 1280 g/mol. The number of carbonyl (C=O) groups is 3. The quantitative estimate of drug-likeness (QED) is 0.0642. The molecule has 0 saturated heterocycles. The molecule has 0 aliphatic heterocycles. The number of alkyl halides is 3. The van der Waals surface area contributed by atoms with Gasteiger partial charge >= 0.3 is 0 Å². The third-order valence-electron chi connectivity index (χ3n) is 8.78. The zero-order valence-electron chi connectivity index (χ0n) is 37.4. The van der Waals surface area contributed by atoms with Gasteiger partial charge in [0.2, 0.25) is 0 Å². The predicted octanol–water partition coefficient (Wildman–Crippen LogP) is 7.76. The van der Waals surface area contributed by atoms with Crippen molar-refractivity contribution in [3.05, 3.63) is 15.6 Å². The molecular formula is C39H74B5I4N4O4V-. The summed E-state index contributed by atoms with van der Waals surface area (Å²) in [6, 6.07) is -0.688. The number of hydrogen-bond donors (Lipinski definition) is 4. The van der Waals surface area contributed by atoms with Gasteiger partial charge in [-0.3, -0.25) is 9.33 Å². The summed E-state index contributed by atoms with van der Waals surface area (Å²) in [6.45, 7) is 14.6. The van der Waals surface area contributed by atoms with Crippen molar-refractivity contribution in [2.24, 2.45) is 5.92 Å². The number of hydrogen-bond acceptors (Lipinski definition) is 8. The summed E-state index contributed by atoms with van der Waals surface area (Å²) in [6.07, 6.45) is 14.8. The second-order valence-electron chi connectivity index (χ2n) is 13.9. The van der Waals surface area contributed by atoms with Crippen LogP contribution >= 0.6 is 90.4 Å². The molecular weight excluding hydrogens is 1200 g/mol. The maximum Gasteiger partial charge on any atom is 0.170 e. The predicted molar refractivity (Wildman–Crippen MR) is 283 cm³/mol. The van der Waals surface area contributed by atoms with Gasteiger partial charge in [-0.1, -0.05) is 135 Å². The van der Waals surface area contributed by atoms with E-state index in [1.165, 1.54) is 35.8 Å². The molecule has 2 unspecified atom stereocenters. The smallest absolute Gasteiger partial charge is 0.170 e. The summed E-state index contributed by atoms with van der Waals surface area (Å²) in [7, 11) is 35.1. The molecule has 0 spiro atoms. The Hall–Kier alpha value is 2.22. The molecule has 0 amide bonds. The summed E-state index contributed by atoms with van der Waals surface area (Å²) < 4.78 is 4.21. The van der Waals surface area contributed by atoms with E-state index in [2.05, 4.69) is 145 Å². The maximum absolute atomic E-state index is 10.7. The molecule has 11 radical (unpaired) electrons. The summed E-state index contributed by atoms with van der Waals surface area (Å²) in [4.78, 5) is 33.4. The van der Waals surface area contributed by atoms with Crippen LogP contribution in [0.5, 0.6) is 0 Å². The third kappa shape index (κ3) is 38.4. The zero-order valence-corrected chi connectivity index (χ0v) is 47.4. The Labute approximate surface area is 424 Å². The first-order chi connectivity index (χ1) is 26.1. The van der Waals surface area contributed by atoms with Crippen LogP contribution in [0.3, 0.4) is 0 Å². The minimum absolute atomic E-state index is 0. The minimum atomic E-state index is -0.688. The fourth-order valence-corrected chi connectivity index (χ4v) is 3.86. The number of aliphatic hydroxyl groups is 1. The van der Waals surface area contributed by atoms with Crippen LogP contribution < -0.4 is 16.0 Å². The topological polar surface area (TPSA) is 111 Å². The van der Waals surface area contributed by atoms with Crippen LogP contribution in [-0.4, -0.2) is 131 Å². The first kappa shape index (κ1) is 70.9. The number of carbonyl (C=O) groups excluding carboxylic acids is 3. The van der Waals surface area contributed by atoms with Crippen LogP contribution in [0.25, 0.3) is 0 Å².